The number of hydrogen-bond acceptors (Lipinski definition) is 4. The molecule has 132 valence electrons. The lowest BCUT2D eigenvalue weighted by Crippen LogP contribution is -2.12. The molecule has 7 heteroatoms. The first-order valence-electron chi connectivity index (χ1n) is 8.66. The van der Waals surface area contributed by atoms with Crippen LogP contribution in [0.1, 0.15) is 35.4 Å². The van der Waals surface area contributed by atoms with Gasteiger partial charge in [-0.25, -0.2) is 4.98 Å². The molecule has 2 aromatic heterocycles. The van der Waals surface area contributed by atoms with Crippen molar-refractivity contribution in [3.8, 4) is 11.4 Å². The molecule has 0 saturated carbocycles. The van der Waals surface area contributed by atoms with E-state index in [0.29, 0.717) is 16.4 Å². The standard InChI is InChI=1S/C19H18ClN5O/c20-16-10-7-14(12-21-16)19(26)22-15-8-5-13(6-9-15)18-24-23-17-4-2-1-3-11-25(17)18/h5-10,12H,1-4,11H2,(H,22,26). The zero-order valence-corrected chi connectivity index (χ0v) is 14.9. The van der Waals surface area contributed by atoms with Crippen LogP contribution in [-0.4, -0.2) is 25.7 Å². The van der Waals surface area contributed by atoms with Crippen molar-refractivity contribution in [2.45, 2.75) is 32.2 Å². The molecule has 1 aliphatic heterocycles. The number of hydrogen-bond donors (Lipinski definition) is 1. The average molecular weight is 368 g/mol. The lowest BCUT2D eigenvalue weighted by Gasteiger charge is -2.09. The van der Waals surface area contributed by atoms with E-state index in [-0.39, 0.29) is 5.91 Å². The van der Waals surface area contributed by atoms with E-state index in [2.05, 4.69) is 25.1 Å². The van der Waals surface area contributed by atoms with E-state index < -0.39 is 0 Å². The third kappa shape index (κ3) is 3.46. The zero-order valence-electron chi connectivity index (χ0n) is 14.2. The van der Waals surface area contributed by atoms with Gasteiger partial charge in [0.05, 0.1) is 5.56 Å². The predicted octanol–water partition coefficient (Wildman–Crippen LogP) is 3.97. The molecule has 0 unspecified atom stereocenters. The summed E-state index contributed by atoms with van der Waals surface area (Å²) < 4.78 is 2.21. The second kappa shape index (κ2) is 7.25. The van der Waals surface area contributed by atoms with E-state index in [1.54, 1.807) is 12.1 Å². The molecule has 3 aromatic rings. The number of carbonyl (C=O) groups excluding carboxylic acids is 1. The number of halogens is 1. The van der Waals surface area contributed by atoms with Crippen molar-refractivity contribution in [3.63, 3.8) is 0 Å². The molecule has 1 aromatic carbocycles. The topological polar surface area (TPSA) is 72.7 Å². The fraction of sp³-hybridized carbons (Fsp3) is 0.263. The van der Waals surface area contributed by atoms with Crippen molar-refractivity contribution in [2.24, 2.45) is 0 Å². The molecule has 6 nitrogen and oxygen atoms in total. The van der Waals surface area contributed by atoms with Gasteiger partial charge in [-0.1, -0.05) is 18.0 Å². The lowest BCUT2D eigenvalue weighted by atomic mass is 10.2. The Morgan fingerprint density at radius 2 is 1.88 bits per heavy atom. The quantitative estimate of drug-likeness (QED) is 0.711. The van der Waals surface area contributed by atoms with Crippen LogP contribution in [0.25, 0.3) is 11.4 Å². The summed E-state index contributed by atoms with van der Waals surface area (Å²) >= 11 is 5.75. The number of rotatable bonds is 3. The summed E-state index contributed by atoms with van der Waals surface area (Å²) in [6, 6.07) is 10.9. The molecule has 0 radical (unpaired) electrons. The molecule has 1 aliphatic rings. The molecular formula is C19H18ClN5O. The smallest absolute Gasteiger partial charge is 0.257 e. The Bertz CT molecular complexity index is 918. The molecule has 1 N–H and O–H groups in total. The highest BCUT2D eigenvalue weighted by molar-refractivity contribution is 6.29. The molecule has 0 bridgehead atoms. The second-order valence-electron chi connectivity index (χ2n) is 6.30. The number of amides is 1. The molecule has 26 heavy (non-hydrogen) atoms. The van der Waals surface area contributed by atoms with E-state index in [1.165, 1.54) is 19.0 Å². The van der Waals surface area contributed by atoms with E-state index in [1.807, 2.05) is 24.3 Å². The maximum absolute atomic E-state index is 12.2. The van der Waals surface area contributed by atoms with Crippen LogP contribution in [0.3, 0.4) is 0 Å². The van der Waals surface area contributed by atoms with Crippen LogP contribution in [-0.2, 0) is 13.0 Å². The minimum absolute atomic E-state index is 0.224. The van der Waals surface area contributed by atoms with Gasteiger partial charge in [-0.2, -0.15) is 0 Å². The molecule has 1 amide bonds. The van der Waals surface area contributed by atoms with Gasteiger partial charge in [0.1, 0.15) is 11.0 Å². The lowest BCUT2D eigenvalue weighted by molar-refractivity contribution is 0.102. The van der Waals surface area contributed by atoms with Crippen molar-refractivity contribution >= 4 is 23.2 Å². The summed E-state index contributed by atoms with van der Waals surface area (Å²) in [6.07, 6.45) is 5.99. The maximum Gasteiger partial charge on any atom is 0.257 e. The normalized spacial score (nSPS) is 13.7. The first kappa shape index (κ1) is 16.7. The molecule has 0 spiro atoms. The third-order valence-corrected chi connectivity index (χ3v) is 4.72. The van der Waals surface area contributed by atoms with Gasteiger partial charge >= 0.3 is 0 Å². The SMILES string of the molecule is O=C(Nc1ccc(-c2nnc3n2CCCCC3)cc1)c1ccc(Cl)nc1. The maximum atomic E-state index is 12.2. The van der Waals surface area contributed by atoms with Crippen LogP contribution >= 0.6 is 11.6 Å². The van der Waals surface area contributed by atoms with Gasteiger partial charge in [0.25, 0.3) is 5.91 Å². The van der Waals surface area contributed by atoms with Gasteiger partial charge < -0.3 is 9.88 Å². The van der Waals surface area contributed by atoms with E-state index in [4.69, 9.17) is 11.6 Å². The molecule has 3 heterocycles. The van der Waals surface area contributed by atoms with Crippen LogP contribution < -0.4 is 5.32 Å². The highest BCUT2D eigenvalue weighted by Crippen LogP contribution is 2.24. The molecular weight excluding hydrogens is 350 g/mol. The summed E-state index contributed by atoms with van der Waals surface area (Å²) in [5, 5.41) is 11.9. The molecule has 0 atom stereocenters. The highest BCUT2D eigenvalue weighted by Gasteiger charge is 2.16. The third-order valence-electron chi connectivity index (χ3n) is 4.50. The average Bonchev–Trinajstić information content (AvgIpc) is 2.91. The van der Waals surface area contributed by atoms with Crippen molar-refractivity contribution in [1.29, 1.82) is 0 Å². The van der Waals surface area contributed by atoms with Crippen molar-refractivity contribution in [3.05, 3.63) is 59.1 Å². The van der Waals surface area contributed by atoms with Crippen LogP contribution in [0.4, 0.5) is 5.69 Å². The molecule has 0 saturated heterocycles. The number of benzene rings is 1. The van der Waals surface area contributed by atoms with Crippen molar-refractivity contribution in [2.75, 3.05) is 5.32 Å². The van der Waals surface area contributed by atoms with Gasteiger partial charge in [-0.05, 0) is 49.2 Å². The minimum Gasteiger partial charge on any atom is -0.322 e. The van der Waals surface area contributed by atoms with Gasteiger partial charge in [-0.15, -0.1) is 10.2 Å². The van der Waals surface area contributed by atoms with Gasteiger partial charge in [-0.3, -0.25) is 4.79 Å². The van der Waals surface area contributed by atoms with Gasteiger partial charge in [0.15, 0.2) is 5.82 Å². The predicted molar refractivity (Wildman–Crippen MR) is 100 cm³/mol. The monoisotopic (exact) mass is 367 g/mol. The molecule has 0 aliphatic carbocycles. The van der Waals surface area contributed by atoms with E-state index in [0.717, 1.165) is 36.6 Å². The number of carbonyl (C=O) groups is 1. The summed E-state index contributed by atoms with van der Waals surface area (Å²) in [5.74, 6) is 1.73. The Morgan fingerprint density at radius 3 is 2.65 bits per heavy atom. The first-order chi connectivity index (χ1) is 12.7. The number of pyridine rings is 1. The van der Waals surface area contributed by atoms with Crippen LogP contribution in [0.5, 0.6) is 0 Å². The fourth-order valence-electron chi connectivity index (χ4n) is 3.11. The van der Waals surface area contributed by atoms with E-state index >= 15 is 0 Å². The van der Waals surface area contributed by atoms with Crippen LogP contribution in [0.2, 0.25) is 5.15 Å². The number of anilines is 1. The Hall–Kier alpha value is -2.73. The van der Waals surface area contributed by atoms with Gasteiger partial charge in [0.2, 0.25) is 0 Å². The molecule has 4 rings (SSSR count). The summed E-state index contributed by atoms with van der Waals surface area (Å²) in [4.78, 5) is 16.2. The second-order valence-corrected chi connectivity index (χ2v) is 6.69. The largest absolute Gasteiger partial charge is 0.322 e. The molecule has 0 fully saturated rings. The number of aryl methyl sites for hydroxylation is 1. The Labute approximate surface area is 156 Å². The highest BCUT2D eigenvalue weighted by atomic mass is 35.5. The number of nitrogens with one attached hydrogen (secondary N) is 1. The van der Waals surface area contributed by atoms with Crippen molar-refractivity contribution in [1.82, 2.24) is 19.7 Å². The number of nitrogens with zero attached hydrogens (tertiary/aromatic N) is 4. The van der Waals surface area contributed by atoms with Crippen molar-refractivity contribution < 1.29 is 4.79 Å². The Balaban J connectivity index is 1.51. The summed E-state index contributed by atoms with van der Waals surface area (Å²) in [5.41, 5.74) is 2.17. The van der Waals surface area contributed by atoms with E-state index in [9.17, 15) is 4.79 Å². The fourth-order valence-corrected chi connectivity index (χ4v) is 3.23. The van der Waals surface area contributed by atoms with Crippen LogP contribution in [0.15, 0.2) is 42.6 Å². The van der Waals surface area contributed by atoms with Crippen LogP contribution in [0, 0.1) is 0 Å². The Kier molecular flexibility index (Phi) is 4.67. The Morgan fingerprint density at radius 1 is 1.04 bits per heavy atom. The first-order valence-corrected chi connectivity index (χ1v) is 9.04. The number of aromatic nitrogens is 4. The summed E-state index contributed by atoms with van der Waals surface area (Å²) in [7, 11) is 0. The summed E-state index contributed by atoms with van der Waals surface area (Å²) in [6.45, 7) is 0.958. The zero-order chi connectivity index (χ0) is 17.9. The number of fused-ring (bicyclic) bond motifs is 1. The van der Waals surface area contributed by atoms with Gasteiger partial charge in [0, 0.05) is 30.4 Å². The minimum atomic E-state index is -0.224.